The van der Waals surface area contributed by atoms with E-state index in [9.17, 15) is 14.4 Å². The summed E-state index contributed by atoms with van der Waals surface area (Å²) in [5.41, 5.74) is 3.24. The summed E-state index contributed by atoms with van der Waals surface area (Å²) in [5.74, 6) is -0.122. The number of fused-ring (bicyclic) bond motifs is 1. The first-order valence-corrected chi connectivity index (χ1v) is 10.5. The van der Waals surface area contributed by atoms with Gasteiger partial charge < -0.3 is 14.2 Å². The third-order valence-corrected chi connectivity index (χ3v) is 6.15. The fourth-order valence-corrected chi connectivity index (χ4v) is 4.29. The Kier molecular flexibility index (Phi) is 5.63. The van der Waals surface area contributed by atoms with Crippen molar-refractivity contribution in [2.75, 3.05) is 20.1 Å². The lowest BCUT2D eigenvalue weighted by atomic mass is 9.97. The molecule has 0 unspecified atom stereocenters. The summed E-state index contributed by atoms with van der Waals surface area (Å²) < 4.78 is 5.45. The van der Waals surface area contributed by atoms with Gasteiger partial charge in [0.15, 0.2) is 0 Å². The van der Waals surface area contributed by atoms with Gasteiger partial charge in [-0.15, -0.1) is 0 Å². The largest absolute Gasteiger partial charge is 0.423 e. The Balaban J connectivity index is 1.68. The lowest BCUT2D eigenvalue weighted by molar-refractivity contribution is -0.130. The van der Waals surface area contributed by atoms with Gasteiger partial charge in [-0.05, 0) is 49.1 Å². The molecular weight excluding hydrogens is 392 g/mol. The number of amides is 2. The van der Waals surface area contributed by atoms with Gasteiger partial charge in [0.25, 0.3) is 5.91 Å². The number of nitrogens with zero attached hydrogens (tertiary/aromatic N) is 2. The molecular formula is C25H26N2O4. The van der Waals surface area contributed by atoms with Crippen LogP contribution in [-0.4, -0.2) is 47.8 Å². The van der Waals surface area contributed by atoms with E-state index in [1.165, 1.54) is 13.0 Å². The molecule has 1 fully saturated rings. The molecule has 1 aliphatic heterocycles. The molecule has 1 aromatic heterocycles. The van der Waals surface area contributed by atoms with Crippen molar-refractivity contribution in [2.45, 2.75) is 32.7 Å². The third-order valence-electron chi connectivity index (χ3n) is 6.15. The molecule has 6 heteroatoms. The van der Waals surface area contributed by atoms with Gasteiger partial charge in [-0.1, -0.05) is 24.3 Å². The van der Waals surface area contributed by atoms with Crippen LogP contribution in [0, 0.1) is 6.92 Å². The van der Waals surface area contributed by atoms with Crippen LogP contribution < -0.4 is 5.63 Å². The van der Waals surface area contributed by atoms with Crippen molar-refractivity contribution in [1.29, 1.82) is 0 Å². The number of hydrogen-bond donors (Lipinski definition) is 0. The maximum absolute atomic E-state index is 13.2. The van der Waals surface area contributed by atoms with E-state index in [1.54, 1.807) is 29.0 Å². The third kappa shape index (κ3) is 4.10. The number of likely N-dealkylation sites (N-methyl/N-ethyl adjacent to an activating group) is 1. The number of carbonyl (C=O) groups excluding carboxylic acids is 2. The van der Waals surface area contributed by atoms with Crippen LogP contribution in [0.25, 0.3) is 22.1 Å². The van der Waals surface area contributed by atoms with E-state index in [-0.39, 0.29) is 17.9 Å². The second-order valence-electron chi connectivity index (χ2n) is 8.18. The minimum atomic E-state index is -0.448. The standard InChI is InChI=1S/C25H26N2O4/c1-16-7-4-5-9-20(16)22-14-24(29)31-23-13-18(10-11-21(22)23)25(30)27-12-6-8-19(15-27)26(3)17(2)28/h4-5,7,9-11,13-14,19H,6,8,12,15H2,1-3H3/t19-/m0/s1. The number of hydrogen-bond acceptors (Lipinski definition) is 4. The topological polar surface area (TPSA) is 70.8 Å². The van der Waals surface area contributed by atoms with Gasteiger partial charge in [0.05, 0.1) is 0 Å². The highest BCUT2D eigenvalue weighted by atomic mass is 16.4. The van der Waals surface area contributed by atoms with E-state index in [2.05, 4.69) is 0 Å². The summed E-state index contributed by atoms with van der Waals surface area (Å²) >= 11 is 0. The number of rotatable bonds is 3. The number of carbonyl (C=O) groups is 2. The molecule has 2 aromatic carbocycles. The van der Waals surface area contributed by atoms with Crippen molar-refractivity contribution >= 4 is 22.8 Å². The fourth-order valence-electron chi connectivity index (χ4n) is 4.29. The summed E-state index contributed by atoms with van der Waals surface area (Å²) in [6, 6.07) is 14.7. The van der Waals surface area contributed by atoms with Crippen LogP contribution in [0.15, 0.2) is 57.7 Å². The van der Waals surface area contributed by atoms with Gasteiger partial charge in [0, 0.05) is 55.7 Å². The van der Waals surface area contributed by atoms with Crippen molar-refractivity contribution in [1.82, 2.24) is 9.80 Å². The van der Waals surface area contributed by atoms with E-state index >= 15 is 0 Å². The Hall–Kier alpha value is -3.41. The molecule has 160 valence electrons. The second-order valence-corrected chi connectivity index (χ2v) is 8.18. The Morgan fingerprint density at radius 1 is 1.10 bits per heavy atom. The maximum Gasteiger partial charge on any atom is 0.336 e. The summed E-state index contributed by atoms with van der Waals surface area (Å²) in [7, 11) is 1.78. The Morgan fingerprint density at radius 2 is 1.87 bits per heavy atom. The summed E-state index contributed by atoms with van der Waals surface area (Å²) in [6.45, 7) is 4.68. The van der Waals surface area contributed by atoms with Gasteiger partial charge >= 0.3 is 5.63 Å². The lowest BCUT2D eigenvalue weighted by Crippen LogP contribution is -2.49. The van der Waals surface area contributed by atoms with E-state index in [0.717, 1.165) is 34.9 Å². The van der Waals surface area contributed by atoms with E-state index in [0.29, 0.717) is 24.2 Å². The van der Waals surface area contributed by atoms with Crippen LogP contribution in [0.3, 0.4) is 0 Å². The van der Waals surface area contributed by atoms with Crippen molar-refractivity contribution in [3.05, 3.63) is 70.1 Å². The average molecular weight is 418 g/mol. The molecule has 0 saturated carbocycles. The first kappa shape index (κ1) is 20.8. The number of piperidine rings is 1. The Morgan fingerprint density at radius 3 is 2.61 bits per heavy atom. The van der Waals surface area contributed by atoms with Crippen LogP contribution in [-0.2, 0) is 4.79 Å². The number of benzene rings is 2. The maximum atomic E-state index is 13.2. The van der Waals surface area contributed by atoms with Crippen LogP contribution in [0.5, 0.6) is 0 Å². The molecule has 1 atom stereocenters. The molecule has 0 spiro atoms. The Labute approximate surface area is 181 Å². The first-order chi connectivity index (χ1) is 14.8. The molecule has 0 aliphatic carbocycles. The predicted octanol–water partition coefficient (Wildman–Crippen LogP) is 3.85. The normalized spacial score (nSPS) is 16.4. The minimum absolute atomic E-state index is 0.00415. The SMILES string of the molecule is CC(=O)N(C)[C@H]1CCCN(C(=O)c2ccc3c(-c4ccccc4C)cc(=O)oc3c2)C1. The molecule has 0 bridgehead atoms. The fraction of sp³-hybridized carbons (Fsp3) is 0.320. The predicted molar refractivity (Wildman–Crippen MR) is 120 cm³/mol. The second kappa shape index (κ2) is 8.38. The van der Waals surface area contributed by atoms with Gasteiger partial charge in [0.1, 0.15) is 5.58 Å². The van der Waals surface area contributed by atoms with Crippen LogP contribution >= 0.6 is 0 Å². The zero-order valence-electron chi connectivity index (χ0n) is 18.1. The van der Waals surface area contributed by atoms with Crippen molar-refractivity contribution < 1.29 is 14.0 Å². The van der Waals surface area contributed by atoms with Gasteiger partial charge in [-0.3, -0.25) is 9.59 Å². The summed E-state index contributed by atoms with van der Waals surface area (Å²) in [5, 5.41) is 0.790. The number of likely N-dealkylation sites (tertiary alicyclic amines) is 1. The van der Waals surface area contributed by atoms with Gasteiger partial charge in [-0.25, -0.2) is 4.79 Å². The zero-order valence-corrected chi connectivity index (χ0v) is 18.1. The monoisotopic (exact) mass is 418 g/mol. The smallest absolute Gasteiger partial charge is 0.336 e. The molecule has 2 amide bonds. The molecule has 2 heterocycles. The molecule has 6 nitrogen and oxygen atoms in total. The van der Waals surface area contributed by atoms with E-state index < -0.39 is 5.63 Å². The molecule has 3 aromatic rings. The Bertz CT molecular complexity index is 1210. The van der Waals surface area contributed by atoms with Gasteiger partial charge in [-0.2, -0.15) is 0 Å². The summed E-state index contributed by atoms with van der Waals surface area (Å²) in [4.78, 5) is 40.6. The van der Waals surface area contributed by atoms with Crippen LogP contribution in [0.4, 0.5) is 0 Å². The zero-order chi connectivity index (χ0) is 22.1. The van der Waals surface area contributed by atoms with Crippen molar-refractivity contribution in [3.8, 4) is 11.1 Å². The van der Waals surface area contributed by atoms with Crippen molar-refractivity contribution in [3.63, 3.8) is 0 Å². The van der Waals surface area contributed by atoms with Crippen LogP contribution in [0.2, 0.25) is 0 Å². The van der Waals surface area contributed by atoms with Crippen molar-refractivity contribution in [2.24, 2.45) is 0 Å². The summed E-state index contributed by atoms with van der Waals surface area (Å²) in [6.07, 6.45) is 1.72. The van der Waals surface area contributed by atoms with Gasteiger partial charge in [0.2, 0.25) is 5.91 Å². The molecule has 31 heavy (non-hydrogen) atoms. The van der Waals surface area contributed by atoms with E-state index in [4.69, 9.17) is 4.42 Å². The molecule has 1 saturated heterocycles. The highest BCUT2D eigenvalue weighted by molar-refractivity contribution is 6.01. The average Bonchev–Trinajstić information content (AvgIpc) is 2.77. The first-order valence-electron chi connectivity index (χ1n) is 10.5. The number of aryl methyl sites for hydroxylation is 1. The minimum Gasteiger partial charge on any atom is -0.423 e. The van der Waals surface area contributed by atoms with E-state index in [1.807, 2.05) is 37.3 Å². The van der Waals surface area contributed by atoms with Crippen LogP contribution in [0.1, 0.15) is 35.7 Å². The molecule has 0 N–H and O–H groups in total. The quantitative estimate of drug-likeness (QED) is 0.606. The molecule has 4 rings (SSSR count). The molecule has 1 aliphatic rings. The lowest BCUT2D eigenvalue weighted by Gasteiger charge is -2.37. The highest BCUT2D eigenvalue weighted by Gasteiger charge is 2.28. The molecule has 0 radical (unpaired) electrons. The highest BCUT2D eigenvalue weighted by Crippen LogP contribution is 2.30.